The molecule has 3 heterocycles. The predicted molar refractivity (Wildman–Crippen MR) is 93.6 cm³/mol. The van der Waals surface area contributed by atoms with Crippen molar-refractivity contribution in [2.24, 2.45) is 0 Å². The molecule has 0 radical (unpaired) electrons. The van der Waals surface area contributed by atoms with Gasteiger partial charge < -0.3 is 10.2 Å². The van der Waals surface area contributed by atoms with E-state index < -0.39 is 0 Å². The van der Waals surface area contributed by atoms with Gasteiger partial charge in [-0.15, -0.1) is 0 Å². The molecule has 25 heavy (non-hydrogen) atoms. The number of carbonyl (C=O) groups is 1. The second-order valence-electron chi connectivity index (χ2n) is 6.96. The number of hydrogen-bond donors (Lipinski definition) is 2. The fraction of sp³-hybridized carbons (Fsp3) is 0.474. The van der Waals surface area contributed by atoms with Crippen LogP contribution >= 0.6 is 0 Å². The molecule has 0 saturated carbocycles. The van der Waals surface area contributed by atoms with Gasteiger partial charge in [0.1, 0.15) is 5.82 Å². The molecular formula is C19H23FN4O. The molecule has 5 nitrogen and oxygen atoms in total. The maximum Gasteiger partial charge on any atom is 0.239 e. The number of rotatable bonds is 3. The molecular weight excluding hydrogens is 319 g/mol. The Bertz CT molecular complexity index is 745. The molecule has 2 saturated heterocycles. The van der Waals surface area contributed by atoms with Gasteiger partial charge in [-0.05, 0) is 49.9 Å². The quantitative estimate of drug-likeness (QED) is 0.901. The number of aromatic amines is 1. The summed E-state index contributed by atoms with van der Waals surface area (Å²) in [7, 11) is 0. The van der Waals surface area contributed by atoms with E-state index in [0.717, 1.165) is 62.1 Å². The molecule has 6 heteroatoms. The van der Waals surface area contributed by atoms with Crippen molar-refractivity contribution in [3.63, 3.8) is 0 Å². The number of nitrogens with zero attached hydrogens (tertiary/aromatic N) is 2. The molecule has 4 rings (SSSR count). The van der Waals surface area contributed by atoms with E-state index in [4.69, 9.17) is 0 Å². The second-order valence-corrected chi connectivity index (χ2v) is 6.96. The van der Waals surface area contributed by atoms with Crippen LogP contribution in [-0.4, -0.2) is 46.7 Å². The van der Waals surface area contributed by atoms with Crippen molar-refractivity contribution in [2.75, 3.05) is 19.6 Å². The van der Waals surface area contributed by atoms with Gasteiger partial charge in [0.25, 0.3) is 0 Å². The van der Waals surface area contributed by atoms with Crippen LogP contribution in [0.25, 0.3) is 11.1 Å². The van der Waals surface area contributed by atoms with Crippen LogP contribution < -0.4 is 5.32 Å². The summed E-state index contributed by atoms with van der Waals surface area (Å²) in [5, 5.41) is 10.6. The molecule has 2 aromatic rings. The Hall–Kier alpha value is -2.21. The molecule has 2 fully saturated rings. The number of halogens is 1. The van der Waals surface area contributed by atoms with Crippen molar-refractivity contribution in [2.45, 2.75) is 37.6 Å². The standard InChI is InChI=1S/C19H23FN4O/c20-15-4-1-3-14(11-15)16-12-22-23-18(16)13-6-9-24(10-7-13)19(25)17-5-2-8-21-17/h1,3-4,11-13,17,21H,2,5-10H2,(H,22,23)/t17-/m1/s1. The Morgan fingerprint density at radius 1 is 1.24 bits per heavy atom. The number of likely N-dealkylation sites (tertiary alicyclic amines) is 1. The van der Waals surface area contributed by atoms with E-state index in [0.29, 0.717) is 5.92 Å². The molecule has 0 bridgehead atoms. The summed E-state index contributed by atoms with van der Waals surface area (Å²) in [6.45, 7) is 2.48. The third kappa shape index (κ3) is 3.31. The lowest BCUT2D eigenvalue weighted by Gasteiger charge is -2.33. The SMILES string of the molecule is O=C([C@H]1CCCN1)N1CCC(c2[nH]ncc2-c2cccc(F)c2)CC1. The van der Waals surface area contributed by atoms with Crippen molar-refractivity contribution in [3.05, 3.63) is 42.0 Å². The summed E-state index contributed by atoms with van der Waals surface area (Å²) in [6, 6.07) is 6.62. The monoisotopic (exact) mass is 342 g/mol. The average molecular weight is 342 g/mol. The smallest absolute Gasteiger partial charge is 0.239 e. The zero-order valence-corrected chi connectivity index (χ0v) is 14.2. The van der Waals surface area contributed by atoms with Crippen LogP contribution in [0, 0.1) is 5.82 Å². The first-order chi connectivity index (χ1) is 12.2. The number of nitrogens with one attached hydrogen (secondary N) is 2. The Balaban J connectivity index is 1.45. The first-order valence-electron chi connectivity index (χ1n) is 9.04. The minimum atomic E-state index is -0.242. The van der Waals surface area contributed by atoms with Crippen molar-refractivity contribution in [1.82, 2.24) is 20.4 Å². The topological polar surface area (TPSA) is 61.0 Å². The lowest BCUT2D eigenvalue weighted by Crippen LogP contribution is -2.46. The number of hydrogen-bond acceptors (Lipinski definition) is 3. The zero-order chi connectivity index (χ0) is 17.2. The van der Waals surface area contributed by atoms with E-state index in [1.165, 1.54) is 6.07 Å². The van der Waals surface area contributed by atoms with Gasteiger partial charge >= 0.3 is 0 Å². The second kappa shape index (κ2) is 6.96. The summed E-state index contributed by atoms with van der Waals surface area (Å²) in [5.41, 5.74) is 2.86. The fourth-order valence-corrected chi connectivity index (χ4v) is 4.00. The first kappa shape index (κ1) is 16.3. The Morgan fingerprint density at radius 3 is 2.80 bits per heavy atom. The molecule has 1 atom stereocenters. The molecule has 0 aliphatic carbocycles. The summed E-state index contributed by atoms with van der Waals surface area (Å²) in [4.78, 5) is 14.5. The van der Waals surface area contributed by atoms with E-state index in [1.807, 2.05) is 11.0 Å². The number of benzene rings is 1. The highest BCUT2D eigenvalue weighted by Gasteiger charge is 2.31. The molecule has 2 aliphatic heterocycles. The molecule has 1 aromatic carbocycles. The molecule has 132 valence electrons. The van der Waals surface area contributed by atoms with Gasteiger partial charge in [-0.1, -0.05) is 12.1 Å². The Kier molecular flexibility index (Phi) is 4.53. The number of piperidine rings is 1. The van der Waals surface area contributed by atoms with E-state index in [-0.39, 0.29) is 17.8 Å². The lowest BCUT2D eigenvalue weighted by atomic mass is 9.89. The van der Waals surface area contributed by atoms with Gasteiger partial charge in [0.15, 0.2) is 0 Å². The van der Waals surface area contributed by atoms with E-state index >= 15 is 0 Å². The molecule has 2 aliphatic rings. The van der Waals surface area contributed by atoms with Gasteiger partial charge in [-0.3, -0.25) is 9.89 Å². The minimum absolute atomic E-state index is 0.00607. The van der Waals surface area contributed by atoms with Crippen LogP contribution in [0.2, 0.25) is 0 Å². The molecule has 0 spiro atoms. The average Bonchev–Trinajstić information content (AvgIpc) is 3.33. The van der Waals surface area contributed by atoms with Gasteiger partial charge in [-0.25, -0.2) is 4.39 Å². The zero-order valence-electron chi connectivity index (χ0n) is 14.2. The van der Waals surface area contributed by atoms with Crippen molar-refractivity contribution in [1.29, 1.82) is 0 Å². The molecule has 2 N–H and O–H groups in total. The molecule has 1 amide bonds. The largest absolute Gasteiger partial charge is 0.341 e. The Labute approximate surface area is 146 Å². The number of aromatic nitrogens is 2. The van der Waals surface area contributed by atoms with Crippen molar-refractivity contribution < 1.29 is 9.18 Å². The Morgan fingerprint density at radius 2 is 2.08 bits per heavy atom. The lowest BCUT2D eigenvalue weighted by molar-refractivity contribution is -0.134. The highest BCUT2D eigenvalue weighted by molar-refractivity contribution is 5.82. The maximum absolute atomic E-state index is 13.5. The number of carbonyl (C=O) groups excluding carboxylic acids is 1. The third-order valence-corrected chi connectivity index (χ3v) is 5.38. The van der Waals surface area contributed by atoms with Crippen molar-refractivity contribution in [3.8, 4) is 11.1 Å². The number of amides is 1. The van der Waals surface area contributed by atoms with E-state index in [1.54, 1.807) is 18.3 Å². The van der Waals surface area contributed by atoms with Gasteiger partial charge in [0, 0.05) is 30.3 Å². The van der Waals surface area contributed by atoms with Crippen LogP contribution in [0.3, 0.4) is 0 Å². The van der Waals surface area contributed by atoms with Crippen LogP contribution in [0.5, 0.6) is 0 Å². The maximum atomic E-state index is 13.5. The van der Waals surface area contributed by atoms with Gasteiger partial charge in [0.2, 0.25) is 5.91 Å². The summed E-state index contributed by atoms with van der Waals surface area (Å²) < 4.78 is 13.5. The summed E-state index contributed by atoms with van der Waals surface area (Å²) >= 11 is 0. The molecule has 0 unspecified atom stereocenters. The third-order valence-electron chi connectivity index (χ3n) is 5.38. The van der Waals surface area contributed by atoms with Crippen LogP contribution in [0.1, 0.15) is 37.3 Å². The first-order valence-corrected chi connectivity index (χ1v) is 9.04. The van der Waals surface area contributed by atoms with Crippen LogP contribution in [-0.2, 0) is 4.79 Å². The predicted octanol–water partition coefficient (Wildman–Crippen LogP) is 2.67. The number of H-pyrrole nitrogens is 1. The fourth-order valence-electron chi connectivity index (χ4n) is 4.00. The van der Waals surface area contributed by atoms with Crippen molar-refractivity contribution >= 4 is 5.91 Å². The molecule has 1 aromatic heterocycles. The van der Waals surface area contributed by atoms with E-state index in [9.17, 15) is 9.18 Å². The highest BCUT2D eigenvalue weighted by atomic mass is 19.1. The van der Waals surface area contributed by atoms with Crippen LogP contribution in [0.4, 0.5) is 4.39 Å². The summed E-state index contributed by atoms with van der Waals surface area (Å²) in [5.74, 6) is 0.321. The minimum Gasteiger partial charge on any atom is -0.341 e. The summed E-state index contributed by atoms with van der Waals surface area (Å²) in [6.07, 6.45) is 5.61. The van der Waals surface area contributed by atoms with Gasteiger partial charge in [-0.2, -0.15) is 5.10 Å². The van der Waals surface area contributed by atoms with Gasteiger partial charge in [0.05, 0.1) is 12.2 Å². The normalized spacial score (nSPS) is 21.6. The highest BCUT2D eigenvalue weighted by Crippen LogP contribution is 2.34. The van der Waals surface area contributed by atoms with E-state index in [2.05, 4.69) is 15.5 Å². The van der Waals surface area contributed by atoms with Crippen LogP contribution in [0.15, 0.2) is 30.5 Å².